The Bertz CT molecular complexity index is 273. The summed E-state index contributed by atoms with van der Waals surface area (Å²) in [5.41, 5.74) is -0.0122. The van der Waals surface area contributed by atoms with Gasteiger partial charge < -0.3 is 4.74 Å². The molecule has 0 spiro atoms. The summed E-state index contributed by atoms with van der Waals surface area (Å²) < 4.78 is 41.9. The van der Waals surface area contributed by atoms with Gasteiger partial charge in [-0.05, 0) is 12.1 Å². The van der Waals surface area contributed by atoms with Gasteiger partial charge in [0.1, 0.15) is 5.92 Å². The van der Waals surface area contributed by atoms with Gasteiger partial charge in [0.2, 0.25) is 0 Å². The number of methoxy groups -OCH3 is 1. The number of aromatic nitrogens is 1. The van der Waals surface area contributed by atoms with Crippen molar-refractivity contribution < 1.29 is 17.9 Å². The van der Waals surface area contributed by atoms with Gasteiger partial charge in [-0.25, -0.2) is 0 Å². The van der Waals surface area contributed by atoms with Crippen molar-refractivity contribution in [3.8, 4) is 0 Å². The SMILES string of the molecule is COCC(c1ccccn1)C(F)(F)F. The zero-order valence-electron chi connectivity index (χ0n) is 7.58. The Morgan fingerprint density at radius 1 is 1.43 bits per heavy atom. The van der Waals surface area contributed by atoms with Gasteiger partial charge >= 0.3 is 6.18 Å². The Balaban J connectivity index is 2.89. The Labute approximate surface area is 79.7 Å². The Morgan fingerprint density at radius 3 is 2.57 bits per heavy atom. The quantitative estimate of drug-likeness (QED) is 0.755. The van der Waals surface area contributed by atoms with Gasteiger partial charge in [0.25, 0.3) is 0 Å². The number of ether oxygens (including phenoxy) is 1. The maximum absolute atomic E-state index is 12.5. The molecule has 1 rings (SSSR count). The lowest BCUT2D eigenvalue weighted by atomic mass is 10.1. The average Bonchev–Trinajstić information content (AvgIpc) is 2.14. The molecular weight excluding hydrogens is 195 g/mol. The van der Waals surface area contributed by atoms with E-state index in [0.29, 0.717) is 0 Å². The number of nitrogens with zero attached hydrogens (tertiary/aromatic N) is 1. The molecule has 1 atom stereocenters. The van der Waals surface area contributed by atoms with Crippen molar-refractivity contribution in [2.75, 3.05) is 13.7 Å². The molecule has 0 saturated heterocycles. The molecule has 1 unspecified atom stereocenters. The van der Waals surface area contributed by atoms with Crippen LogP contribution in [0.2, 0.25) is 0 Å². The van der Waals surface area contributed by atoms with E-state index in [1.165, 1.54) is 25.4 Å². The molecule has 0 bridgehead atoms. The third-order valence-electron chi connectivity index (χ3n) is 1.77. The maximum Gasteiger partial charge on any atom is 0.399 e. The standard InChI is InChI=1S/C9H10F3NO/c1-14-6-7(9(10,11)12)8-4-2-3-5-13-8/h2-5,7H,6H2,1H3. The number of hydrogen-bond acceptors (Lipinski definition) is 2. The van der Waals surface area contributed by atoms with E-state index in [1.54, 1.807) is 6.07 Å². The van der Waals surface area contributed by atoms with Crippen LogP contribution in [-0.2, 0) is 4.74 Å². The van der Waals surface area contributed by atoms with E-state index < -0.39 is 18.7 Å². The van der Waals surface area contributed by atoms with E-state index in [9.17, 15) is 13.2 Å². The molecule has 78 valence electrons. The molecule has 0 saturated carbocycles. The first-order valence-electron chi connectivity index (χ1n) is 4.02. The van der Waals surface area contributed by atoms with Crippen molar-refractivity contribution in [2.24, 2.45) is 0 Å². The van der Waals surface area contributed by atoms with E-state index >= 15 is 0 Å². The summed E-state index contributed by atoms with van der Waals surface area (Å²) in [6, 6.07) is 4.44. The Hall–Kier alpha value is -1.10. The van der Waals surface area contributed by atoms with Crippen LogP contribution >= 0.6 is 0 Å². The van der Waals surface area contributed by atoms with Crippen LogP contribution in [0.4, 0.5) is 13.2 Å². The van der Waals surface area contributed by atoms with Crippen LogP contribution in [0.3, 0.4) is 0 Å². The molecule has 1 aromatic rings. The third kappa shape index (κ3) is 2.70. The predicted octanol–water partition coefficient (Wildman–Crippen LogP) is 2.37. The van der Waals surface area contributed by atoms with Crippen molar-refractivity contribution >= 4 is 0 Å². The summed E-state index contributed by atoms with van der Waals surface area (Å²) in [6.45, 7) is -0.402. The first-order valence-corrected chi connectivity index (χ1v) is 4.02. The van der Waals surface area contributed by atoms with Gasteiger partial charge in [0.05, 0.1) is 12.3 Å². The third-order valence-corrected chi connectivity index (χ3v) is 1.77. The zero-order chi connectivity index (χ0) is 10.6. The van der Waals surface area contributed by atoms with Crippen LogP contribution in [0.5, 0.6) is 0 Å². The van der Waals surface area contributed by atoms with Gasteiger partial charge in [0, 0.05) is 13.3 Å². The molecule has 2 nitrogen and oxygen atoms in total. The highest BCUT2D eigenvalue weighted by Crippen LogP contribution is 2.33. The first kappa shape index (κ1) is 11.0. The number of halogens is 3. The second-order valence-electron chi connectivity index (χ2n) is 2.80. The molecule has 0 aromatic carbocycles. The molecule has 0 aliphatic rings. The van der Waals surface area contributed by atoms with E-state index in [4.69, 9.17) is 0 Å². The summed E-state index contributed by atoms with van der Waals surface area (Å²) in [6.07, 6.45) is -2.98. The van der Waals surface area contributed by atoms with E-state index in [1.807, 2.05) is 0 Å². The number of alkyl halides is 3. The largest absolute Gasteiger partial charge is 0.399 e. The van der Waals surface area contributed by atoms with Crippen molar-refractivity contribution in [1.29, 1.82) is 0 Å². The Kier molecular flexibility index (Phi) is 3.46. The normalized spacial score (nSPS) is 14.0. The lowest BCUT2D eigenvalue weighted by Gasteiger charge is -2.18. The fourth-order valence-electron chi connectivity index (χ4n) is 1.10. The van der Waals surface area contributed by atoms with Crippen LogP contribution in [0.25, 0.3) is 0 Å². The summed E-state index contributed by atoms with van der Waals surface area (Å²) in [4.78, 5) is 3.66. The number of rotatable bonds is 3. The van der Waals surface area contributed by atoms with Crippen molar-refractivity contribution in [1.82, 2.24) is 4.98 Å². The monoisotopic (exact) mass is 205 g/mol. The van der Waals surface area contributed by atoms with Crippen LogP contribution in [-0.4, -0.2) is 24.9 Å². The summed E-state index contributed by atoms with van der Waals surface area (Å²) in [5.74, 6) is -1.64. The average molecular weight is 205 g/mol. The topological polar surface area (TPSA) is 22.1 Å². The fraction of sp³-hybridized carbons (Fsp3) is 0.444. The van der Waals surface area contributed by atoms with Gasteiger partial charge in [-0.15, -0.1) is 0 Å². The maximum atomic E-state index is 12.5. The minimum Gasteiger partial charge on any atom is -0.384 e. The van der Waals surface area contributed by atoms with Crippen molar-refractivity contribution in [3.05, 3.63) is 30.1 Å². The van der Waals surface area contributed by atoms with Crippen LogP contribution in [0, 0.1) is 0 Å². The molecule has 1 aromatic heterocycles. The Morgan fingerprint density at radius 2 is 2.14 bits per heavy atom. The van der Waals surface area contributed by atoms with Crippen LogP contribution < -0.4 is 0 Å². The molecule has 0 N–H and O–H groups in total. The molecule has 0 aliphatic carbocycles. The minimum atomic E-state index is -4.32. The highest BCUT2D eigenvalue weighted by Gasteiger charge is 2.41. The molecule has 0 aliphatic heterocycles. The fourth-order valence-corrected chi connectivity index (χ4v) is 1.10. The highest BCUT2D eigenvalue weighted by molar-refractivity contribution is 5.11. The highest BCUT2D eigenvalue weighted by atomic mass is 19.4. The lowest BCUT2D eigenvalue weighted by Crippen LogP contribution is -2.25. The summed E-state index contributed by atoms with van der Waals surface area (Å²) >= 11 is 0. The first-order chi connectivity index (χ1) is 6.55. The van der Waals surface area contributed by atoms with Gasteiger partial charge in [-0.3, -0.25) is 4.98 Å². The molecule has 0 amide bonds. The van der Waals surface area contributed by atoms with Crippen LogP contribution in [0.1, 0.15) is 11.6 Å². The second-order valence-corrected chi connectivity index (χ2v) is 2.80. The zero-order valence-corrected chi connectivity index (χ0v) is 7.58. The summed E-state index contributed by atoms with van der Waals surface area (Å²) in [5, 5.41) is 0. The molecule has 0 fully saturated rings. The smallest absolute Gasteiger partial charge is 0.384 e. The van der Waals surface area contributed by atoms with Gasteiger partial charge in [-0.1, -0.05) is 6.07 Å². The number of hydrogen-bond donors (Lipinski definition) is 0. The van der Waals surface area contributed by atoms with Gasteiger partial charge in [-0.2, -0.15) is 13.2 Å². The van der Waals surface area contributed by atoms with E-state index in [0.717, 1.165) is 0 Å². The van der Waals surface area contributed by atoms with E-state index in [-0.39, 0.29) is 5.69 Å². The second kappa shape index (κ2) is 4.41. The van der Waals surface area contributed by atoms with Crippen molar-refractivity contribution in [2.45, 2.75) is 12.1 Å². The van der Waals surface area contributed by atoms with E-state index in [2.05, 4.69) is 9.72 Å². The number of pyridine rings is 1. The lowest BCUT2D eigenvalue weighted by molar-refractivity contribution is -0.161. The van der Waals surface area contributed by atoms with Crippen LogP contribution in [0.15, 0.2) is 24.4 Å². The molecule has 5 heteroatoms. The van der Waals surface area contributed by atoms with Crippen molar-refractivity contribution in [3.63, 3.8) is 0 Å². The summed E-state index contributed by atoms with van der Waals surface area (Å²) in [7, 11) is 1.24. The molecule has 1 heterocycles. The molecular formula is C9H10F3NO. The van der Waals surface area contributed by atoms with Gasteiger partial charge in [0.15, 0.2) is 0 Å². The molecule has 14 heavy (non-hydrogen) atoms. The molecule has 0 radical (unpaired) electrons. The minimum absolute atomic E-state index is 0.0122. The predicted molar refractivity (Wildman–Crippen MR) is 44.9 cm³/mol.